The lowest BCUT2D eigenvalue weighted by Gasteiger charge is -2.04. The van der Waals surface area contributed by atoms with Gasteiger partial charge in [0.1, 0.15) is 18.1 Å². The predicted molar refractivity (Wildman–Crippen MR) is 89.1 cm³/mol. The molecular formula is C18H14ClNO4. The summed E-state index contributed by atoms with van der Waals surface area (Å²) >= 11 is 6.14. The SMILES string of the molecule is COC(=O)c1ccc(OCc2cc(-c3ccccc3Cl)on2)cc1. The van der Waals surface area contributed by atoms with E-state index in [0.717, 1.165) is 5.56 Å². The molecule has 3 aromatic rings. The highest BCUT2D eigenvalue weighted by molar-refractivity contribution is 6.33. The van der Waals surface area contributed by atoms with Gasteiger partial charge in [0.15, 0.2) is 5.76 Å². The van der Waals surface area contributed by atoms with E-state index in [1.165, 1.54) is 7.11 Å². The van der Waals surface area contributed by atoms with Gasteiger partial charge in [0.25, 0.3) is 0 Å². The van der Waals surface area contributed by atoms with Crippen LogP contribution in [0.25, 0.3) is 11.3 Å². The summed E-state index contributed by atoms with van der Waals surface area (Å²) in [7, 11) is 1.34. The van der Waals surface area contributed by atoms with Crippen molar-refractivity contribution in [1.29, 1.82) is 0 Å². The van der Waals surface area contributed by atoms with Crippen LogP contribution in [0.5, 0.6) is 5.75 Å². The van der Waals surface area contributed by atoms with Gasteiger partial charge in [-0.1, -0.05) is 28.9 Å². The third-order valence-corrected chi connectivity index (χ3v) is 3.69. The maximum atomic E-state index is 11.4. The molecule has 122 valence electrons. The molecule has 0 saturated carbocycles. The van der Waals surface area contributed by atoms with Gasteiger partial charge in [-0.2, -0.15) is 0 Å². The highest BCUT2D eigenvalue weighted by Crippen LogP contribution is 2.28. The van der Waals surface area contributed by atoms with E-state index < -0.39 is 0 Å². The first kappa shape index (κ1) is 16.1. The lowest BCUT2D eigenvalue weighted by Crippen LogP contribution is -2.01. The lowest BCUT2D eigenvalue weighted by atomic mass is 10.1. The van der Waals surface area contributed by atoms with E-state index in [2.05, 4.69) is 9.89 Å². The van der Waals surface area contributed by atoms with Crippen LogP contribution in [0.3, 0.4) is 0 Å². The fourth-order valence-electron chi connectivity index (χ4n) is 2.13. The number of hydrogen-bond acceptors (Lipinski definition) is 5. The summed E-state index contributed by atoms with van der Waals surface area (Å²) in [6.07, 6.45) is 0. The molecule has 0 spiro atoms. The summed E-state index contributed by atoms with van der Waals surface area (Å²) < 4.78 is 15.6. The quantitative estimate of drug-likeness (QED) is 0.644. The number of benzene rings is 2. The number of nitrogens with zero attached hydrogens (tertiary/aromatic N) is 1. The standard InChI is InChI=1S/C18H14ClNO4/c1-22-18(21)12-6-8-14(9-7-12)23-11-13-10-17(24-20-13)15-4-2-3-5-16(15)19/h2-10H,11H2,1H3. The monoisotopic (exact) mass is 343 g/mol. The second-order valence-corrected chi connectivity index (χ2v) is 5.37. The average Bonchev–Trinajstić information content (AvgIpc) is 3.09. The Morgan fingerprint density at radius 2 is 1.92 bits per heavy atom. The van der Waals surface area contributed by atoms with Crippen molar-refractivity contribution in [2.45, 2.75) is 6.61 Å². The van der Waals surface area contributed by atoms with Crippen LogP contribution in [0, 0.1) is 0 Å². The number of methoxy groups -OCH3 is 1. The molecule has 0 fully saturated rings. The van der Waals surface area contributed by atoms with Crippen molar-refractivity contribution in [3.8, 4) is 17.1 Å². The van der Waals surface area contributed by atoms with E-state index in [1.54, 1.807) is 36.4 Å². The van der Waals surface area contributed by atoms with Crippen LogP contribution in [-0.4, -0.2) is 18.2 Å². The molecule has 1 heterocycles. The normalized spacial score (nSPS) is 10.4. The Kier molecular flexibility index (Phi) is 4.82. The van der Waals surface area contributed by atoms with Crippen LogP contribution in [0.4, 0.5) is 0 Å². The number of rotatable bonds is 5. The van der Waals surface area contributed by atoms with Crippen LogP contribution in [-0.2, 0) is 11.3 Å². The van der Waals surface area contributed by atoms with Crippen LogP contribution in [0.2, 0.25) is 5.02 Å². The third kappa shape index (κ3) is 3.58. The minimum Gasteiger partial charge on any atom is -0.487 e. The highest BCUT2D eigenvalue weighted by atomic mass is 35.5. The number of carbonyl (C=O) groups is 1. The Hall–Kier alpha value is -2.79. The van der Waals surface area contributed by atoms with Crippen molar-refractivity contribution in [3.63, 3.8) is 0 Å². The zero-order valence-electron chi connectivity index (χ0n) is 12.9. The van der Waals surface area contributed by atoms with Gasteiger partial charge in [-0.15, -0.1) is 0 Å². The number of esters is 1. The molecule has 6 heteroatoms. The fourth-order valence-corrected chi connectivity index (χ4v) is 2.36. The summed E-state index contributed by atoms with van der Waals surface area (Å²) in [5.41, 5.74) is 1.88. The molecule has 0 bridgehead atoms. The molecule has 1 aromatic heterocycles. The first-order valence-corrected chi connectivity index (χ1v) is 7.57. The largest absolute Gasteiger partial charge is 0.487 e. The van der Waals surface area contributed by atoms with Crippen LogP contribution in [0.1, 0.15) is 16.1 Å². The molecule has 0 unspecified atom stereocenters. The Labute approximate surface area is 143 Å². The second kappa shape index (κ2) is 7.19. The summed E-state index contributed by atoms with van der Waals surface area (Å²) in [4.78, 5) is 11.4. The van der Waals surface area contributed by atoms with Crippen molar-refractivity contribution in [2.75, 3.05) is 7.11 Å². The molecule has 24 heavy (non-hydrogen) atoms. The van der Waals surface area contributed by atoms with Crippen molar-refractivity contribution in [3.05, 3.63) is 70.9 Å². The molecule has 0 amide bonds. The highest BCUT2D eigenvalue weighted by Gasteiger charge is 2.10. The maximum Gasteiger partial charge on any atom is 0.337 e. The molecular weight excluding hydrogens is 330 g/mol. The van der Waals surface area contributed by atoms with Gasteiger partial charge < -0.3 is 14.0 Å². The van der Waals surface area contributed by atoms with E-state index in [9.17, 15) is 4.79 Å². The number of carbonyl (C=O) groups excluding carboxylic acids is 1. The summed E-state index contributed by atoms with van der Waals surface area (Å²) in [5, 5.41) is 4.57. The Balaban J connectivity index is 1.65. The second-order valence-electron chi connectivity index (χ2n) is 4.97. The minimum atomic E-state index is -0.387. The Morgan fingerprint density at radius 3 is 2.62 bits per heavy atom. The van der Waals surface area contributed by atoms with Gasteiger partial charge in [-0.05, 0) is 36.4 Å². The summed E-state index contributed by atoms with van der Waals surface area (Å²) in [6.45, 7) is 0.242. The van der Waals surface area contributed by atoms with Gasteiger partial charge in [0, 0.05) is 11.6 Å². The van der Waals surface area contributed by atoms with E-state index in [4.69, 9.17) is 20.9 Å². The first-order valence-electron chi connectivity index (χ1n) is 7.19. The fraction of sp³-hybridized carbons (Fsp3) is 0.111. The molecule has 3 rings (SSSR count). The molecule has 0 atom stereocenters. The smallest absolute Gasteiger partial charge is 0.337 e. The predicted octanol–water partition coefficient (Wildman–Crippen LogP) is 4.36. The minimum absolute atomic E-state index is 0.242. The van der Waals surface area contributed by atoms with Crippen molar-refractivity contribution in [2.24, 2.45) is 0 Å². The van der Waals surface area contributed by atoms with E-state index >= 15 is 0 Å². The van der Waals surface area contributed by atoms with E-state index in [-0.39, 0.29) is 12.6 Å². The third-order valence-electron chi connectivity index (χ3n) is 3.36. The van der Waals surface area contributed by atoms with Crippen molar-refractivity contribution in [1.82, 2.24) is 5.16 Å². The van der Waals surface area contributed by atoms with Gasteiger partial charge in [0.2, 0.25) is 0 Å². The Morgan fingerprint density at radius 1 is 1.17 bits per heavy atom. The zero-order valence-corrected chi connectivity index (χ0v) is 13.6. The number of ether oxygens (including phenoxy) is 2. The molecule has 2 aromatic carbocycles. The number of hydrogen-bond donors (Lipinski definition) is 0. The lowest BCUT2D eigenvalue weighted by molar-refractivity contribution is 0.0600. The summed E-state index contributed by atoms with van der Waals surface area (Å²) in [5.74, 6) is 0.813. The van der Waals surface area contributed by atoms with Gasteiger partial charge in [-0.3, -0.25) is 0 Å². The molecule has 0 aliphatic heterocycles. The maximum absolute atomic E-state index is 11.4. The number of aromatic nitrogens is 1. The molecule has 0 saturated heterocycles. The van der Waals surface area contributed by atoms with Gasteiger partial charge >= 0.3 is 5.97 Å². The van der Waals surface area contributed by atoms with Crippen molar-refractivity contribution < 1.29 is 18.8 Å². The molecule has 0 aliphatic carbocycles. The van der Waals surface area contributed by atoms with E-state index in [0.29, 0.717) is 27.8 Å². The molecule has 0 N–H and O–H groups in total. The van der Waals surface area contributed by atoms with Crippen molar-refractivity contribution >= 4 is 17.6 Å². The first-order chi connectivity index (χ1) is 11.7. The Bertz CT molecular complexity index is 842. The number of halogens is 1. The van der Waals surface area contributed by atoms with Crippen LogP contribution < -0.4 is 4.74 Å². The van der Waals surface area contributed by atoms with Gasteiger partial charge in [-0.25, -0.2) is 4.79 Å². The molecule has 0 aliphatic rings. The topological polar surface area (TPSA) is 61.6 Å². The zero-order chi connectivity index (χ0) is 16.9. The summed E-state index contributed by atoms with van der Waals surface area (Å²) in [6, 6.07) is 15.8. The molecule has 0 radical (unpaired) electrons. The van der Waals surface area contributed by atoms with E-state index in [1.807, 2.05) is 18.2 Å². The van der Waals surface area contributed by atoms with Gasteiger partial charge in [0.05, 0.1) is 17.7 Å². The average molecular weight is 344 g/mol. The van der Waals surface area contributed by atoms with Crippen LogP contribution in [0.15, 0.2) is 59.1 Å². The van der Waals surface area contributed by atoms with Crippen LogP contribution >= 0.6 is 11.6 Å². The molecule has 5 nitrogen and oxygen atoms in total.